The van der Waals surface area contributed by atoms with Gasteiger partial charge in [0.2, 0.25) is 17.7 Å². The van der Waals surface area contributed by atoms with Gasteiger partial charge in [-0.25, -0.2) is 0 Å². The first kappa shape index (κ1) is 21.9. The van der Waals surface area contributed by atoms with E-state index in [-0.39, 0.29) is 17.7 Å². The lowest BCUT2D eigenvalue weighted by molar-refractivity contribution is -0.135. The molecule has 0 radical (unpaired) electrons. The van der Waals surface area contributed by atoms with Crippen molar-refractivity contribution >= 4 is 29.5 Å². The van der Waals surface area contributed by atoms with E-state index in [1.54, 1.807) is 16.7 Å². The minimum atomic E-state index is -1.13. The van der Waals surface area contributed by atoms with E-state index >= 15 is 0 Å². The quantitative estimate of drug-likeness (QED) is 0.357. The number of amides is 3. The van der Waals surface area contributed by atoms with Crippen LogP contribution in [-0.2, 0) is 14.4 Å². The van der Waals surface area contributed by atoms with Crippen LogP contribution in [0.4, 0.5) is 0 Å². The third kappa shape index (κ3) is 5.13. The van der Waals surface area contributed by atoms with Crippen LogP contribution in [0.3, 0.4) is 0 Å². The van der Waals surface area contributed by atoms with Crippen molar-refractivity contribution < 1.29 is 19.5 Å². The number of likely N-dealkylation sites (tertiary alicyclic amines) is 1. The van der Waals surface area contributed by atoms with E-state index < -0.39 is 35.0 Å². The van der Waals surface area contributed by atoms with Crippen LogP contribution >= 0.6 is 11.8 Å². The lowest BCUT2D eigenvalue weighted by Crippen LogP contribution is -2.61. The first-order valence-electron chi connectivity index (χ1n) is 9.30. The zero-order chi connectivity index (χ0) is 20.4. The largest absolute Gasteiger partial charge is 0.391 e. The molecule has 2 fully saturated rings. The minimum absolute atomic E-state index is 0.0595. The van der Waals surface area contributed by atoms with Gasteiger partial charge in [0.15, 0.2) is 0 Å². The van der Waals surface area contributed by atoms with Gasteiger partial charge in [0.1, 0.15) is 6.04 Å². The number of hydrogen-bond acceptors (Lipinski definition) is 7. The second kappa shape index (κ2) is 8.76. The third-order valence-electron chi connectivity index (χ3n) is 5.14. The molecule has 2 rings (SSSR count). The van der Waals surface area contributed by atoms with Gasteiger partial charge in [-0.3, -0.25) is 19.7 Å². The molecule has 5 atom stereocenters. The minimum Gasteiger partial charge on any atom is -0.391 e. The molecule has 2 aliphatic rings. The highest BCUT2D eigenvalue weighted by molar-refractivity contribution is 8.01. The molecule has 7 N–H and O–H groups in total. The van der Waals surface area contributed by atoms with Crippen molar-refractivity contribution in [2.45, 2.75) is 62.7 Å². The number of nitrogens with two attached hydrogens (primary N) is 2. The number of carbonyl (C=O) groups excluding carboxylic acids is 3. The van der Waals surface area contributed by atoms with E-state index in [1.807, 2.05) is 13.8 Å². The van der Waals surface area contributed by atoms with E-state index in [0.29, 0.717) is 18.8 Å². The lowest BCUT2D eigenvalue weighted by Gasteiger charge is -2.41. The van der Waals surface area contributed by atoms with Crippen LogP contribution in [0, 0.1) is 5.92 Å². The summed E-state index contributed by atoms with van der Waals surface area (Å²) < 4.78 is 0. The lowest BCUT2D eigenvalue weighted by atomic mass is 9.99. The smallest absolute Gasteiger partial charge is 0.242 e. The Morgan fingerprint density at radius 2 is 2.00 bits per heavy atom. The SMILES string of the molecule is CC(C)[C@H](N)C(=O)N1CCCC2(C1)N[C@H](C(=O)N[C@H](C(N)=O)[C@@H](C)O)CS2. The van der Waals surface area contributed by atoms with Crippen LogP contribution in [-0.4, -0.2) is 75.7 Å². The molecular formula is C17H31N5O4S. The molecule has 154 valence electrons. The number of rotatable bonds is 6. The second-order valence-electron chi connectivity index (χ2n) is 7.76. The van der Waals surface area contributed by atoms with Crippen molar-refractivity contribution in [1.29, 1.82) is 0 Å². The second-order valence-corrected chi connectivity index (χ2v) is 9.17. The molecule has 0 aromatic carbocycles. The Hall–Kier alpha value is -1.36. The molecule has 10 heteroatoms. The van der Waals surface area contributed by atoms with Gasteiger partial charge < -0.3 is 26.8 Å². The summed E-state index contributed by atoms with van der Waals surface area (Å²) >= 11 is 1.60. The van der Waals surface area contributed by atoms with Crippen molar-refractivity contribution in [3.63, 3.8) is 0 Å². The third-order valence-corrected chi connectivity index (χ3v) is 6.64. The number of primary amides is 1. The van der Waals surface area contributed by atoms with Crippen molar-refractivity contribution in [3.8, 4) is 0 Å². The fraction of sp³-hybridized carbons (Fsp3) is 0.824. The van der Waals surface area contributed by atoms with Crippen LogP contribution < -0.4 is 22.1 Å². The Labute approximate surface area is 164 Å². The summed E-state index contributed by atoms with van der Waals surface area (Å²) in [5, 5.41) is 15.4. The monoisotopic (exact) mass is 401 g/mol. The highest BCUT2D eigenvalue weighted by atomic mass is 32.2. The van der Waals surface area contributed by atoms with Gasteiger partial charge in [0, 0.05) is 18.8 Å². The number of aliphatic hydroxyl groups excluding tert-OH is 1. The molecule has 0 saturated carbocycles. The number of carbonyl (C=O) groups is 3. The normalized spacial score (nSPS) is 28.8. The van der Waals surface area contributed by atoms with E-state index in [2.05, 4.69) is 10.6 Å². The maximum absolute atomic E-state index is 12.6. The first-order chi connectivity index (χ1) is 12.6. The zero-order valence-electron chi connectivity index (χ0n) is 16.1. The van der Waals surface area contributed by atoms with E-state index in [4.69, 9.17) is 11.5 Å². The first-order valence-corrected chi connectivity index (χ1v) is 10.3. The number of nitrogens with one attached hydrogen (secondary N) is 2. The topological polar surface area (TPSA) is 151 Å². The summed E-state index contributed by atoms with van der Waals surface area (Å²) in [5.41, 5.74) is 11.2. The van der Waals surface area contributed by atoms with Gasteiger partial charge in [-0.15, -0.1) is 11.8 Å². The van der Waals surface area contributed by atoms with Crippen LogP contribution in [0.15, 0.2) is 0 Å². The van der Waals surface area contributed by atoms with Gasteiger partial charge in [-0.05, 0) is 25.7 Å². The Kier molecular flexibility index (Phi) is 7.12. The number of aliphatic hydroxyl groups is 1. The summed E-state index contributed by atoms with van der Waals surface area (Å²) in [7, 11) is 0. The summed E-state index contributed by atoms with van der Waals surface area (Å²) in [4.78, 5) is 37.9. The molecule has 2 heterocycles. The highest BCUT2D eigenvalue weighted by Gasteiger charge is 2.46. The molecule has 2 saturated heterocycles. The number of piperidine rings is 1. The van der Waals surface area contributed by atoms with Gasteiger partial charge in [0.25, 0.3) is 0 Å². The van der Waals surface area contributed by atoms with E-state index in [1.165, 1.54) is 6.92 Å². The Morgan fingerprint density at radius 1 is 1.33 bits per heavy atom. The van der Waals surface area contributed by atoms with Gasteiger partial charge in [0.05, 0.1) is 23.1 Å². The van der Waals surface area contributed by atoms with Crippen molar-refractivity contribution in [3.05, 3.63) is 0 Å². The zero-order valence-corrected chi connectivity index (χ0v) is 16.9. The predicted molar refractivity (Wildman–Crippen MR) is 104 cm³/mol. The molecule has 3 amide bonds. The van der Waals surface area contributed by atoms with Gasteiger partial charge in [-0.2, -0.15) is 0 Å². The number of hydrogen-bond donors (Lipinski definition) is 5. The summed E-state index contributed by atoms with van der Waals surface area (Å²) in [6, 6.07) is -2.19. The maximum Gasteiger partial charge on any atom is 0.242 e. The van der Waals surface area contributed by atoms with Crippen LogP contribution in [0.25, 0.3) is 0 Å². The van der Waals surface area contributed by atoms with Crippen molar-refractivity contribution in [1.82, 2.24) is 15.5 Å². The van der Waals surface area contributed by atoms with Crippen molar-refractivity contribution in [2.75, 3.05) is 18.8 Å². The standard InChI is InChI=1S/C17H31N5O4S/c1-9(2)12(18)16(26)22-6-4-5-17(8-22)21-11(7-27-17)15(25)20-13(10(3)23)14(19)24/h9-13,21,23H,4-8,18H2,1-3H3,(H2,19,24)(H,20,25)/t10-,11+,12+,13+,17?/m1/s1. The number of nitrogens with zero attached hydrogens (tertiary/aromatic N) is 1. The highest BCUT2D eigenvalue weighted by Crippen LogP contribution is 2.38. The molecule has 0 aromatic heterocycles. The molecule has 2 aliphatic heterocycles. The summed E-state index contributed by atoms with van der Waals surface area (Å²) in [6.45, 7) is 6.38. The van der Waals surface area contributed by atoms with Crippen LogP contribution in [0.1, 0.15) is 33.6 Å². The Bertz CT molecular complexity index is 588. The van der Waals surface area contributed by atoms with E-state index in [0.717, 1.165) is 12.8 Å². The molecule has 9 nitrogen and oxygen atoms in total. The molecule has 1 spiro atoms. The molecule has 1 unspecified atom stereocenters. The Morgan fingerprint density at radius 3 is 2.56 bits per heavy atom. The molecule has 0 bridgehead atoms. The average Bonchev–Trinajstić information content (AvgIpc) is 3.00. The fourth-order valence-corrected chi connectivity index (χ4v) is 4.89. The fourth-order valence-electron chi connectivity index (χ4n) is 3.41. The average molecular weight is 402 g/mol. The van der Waals surface area contributed by atoms with Crippen molar-refractivity contribution in [2.24, 2.45) is 17.4 Å². The number of thioether (sulfide) groups is 1. The Balaban J connectivity index is 2.00. The summed E-state index contributed by atoms with van der Waals surface area (Å²) in [5.74, 6) is -0.663. The van der Waals surface area contributed by atoms with Gasteiger partial charge >= 0.3 is 0 Å². The molecule has 27 heavy (non-hydrogen) atoms. The van der Waals surface area contributed by atoms with Crippen LogP contribution in [0.2, 0.25) is 0 Å². The maximum atomic E-state index is 12.6. The summed E-state index contributed by atoms with van der Waals surface area (Å²) in [6.07, 6.45) is 0.579. The predicted octanol–water partition coefficient (Wildman–Crippen LogP) is -1.66. The van der Waals surface area contributed by atoms with Gasteiger partial charge in [-0.1, -0.05) is 13.8 Å². The molecule has 0 aliphatic carbocycles. The van der Waals surface area contributed by atoms with Crippen LogP contribution in [0.5, 0.6) is 0 Å². The van der Waals surface area contributed by atoms with E-state index in [9.17, 15) is 19.5 Å². The molecule has 0 aromatic rings. The molecular weight excluding hydrogens is 370 g/mol.